The molecule has 0 aliphatic rings. The minimum absolute atomic E-state index is 0.192. The van der Waals surface area contributed by atoms with Gasteiger partial charge in [0.2, 0.25) is 0 Å². The number of aromatic nitrogens is 2. The van der Waals surface area contributed by atoms with Gasteiger partial charge >= 0.3 is 0 Å². The predicted molar refractivity (Wildman–Crippen MR) is 105 cm³/mol. The Labute approximate surface area is 142 Å². The Kier molecular flexibility index (Phi) is 4.15. The summed E-state index contributed by atoms with van der Waals surface area (Å²) in [7, 11) is 0. The van der Waals surface area contributed by atoms with Crippen molar-refractivity contribution < 1.29 is 0 Å². The highest BCUT2D eigenvalue weighted by Gasteiger charge is 2.11. The van der Waals surface area contributed by atoms with Crippen molar-refractivity contribution in [3.63, 3.8) is 0 Å². The van der Waals surface area contributed by atoms with Crippen molar-refractivity contribution in [2.24, 2.45) is 5.73 Å². The maximum Gasteiger partial charge on any atom is 0.196 e. The van der Waals surface area contributed by atoms with Crippen molar-refractivity contribution in [2.75, 3.05) is 0 Å². The second kappa shape index (κ2) is 6.28. The summed E-state index contributed by atoms with van der Waals surface area (Å²) >= 11 is 0. The van der Waals surface area contributed by atoms with Gasteiger partial charge in [0, 0.05) is 15.8 Å². The minimum Gasteiger partial charge on any atom is -0.405 e. The molecule has 0 bridgehead atoms. The van der Waals surface area contributed by atoms with E-state index in [1.165, 1.54) is 6.20 Å². The molecule has 25 heavy (non-hydrogen) atoms. The molecule has 0 amide bonds. The van der Waals surface area contributed by atoms with E-state index in [-0.39, 0.29) is 10.9 Å². The van der Waals surface area contributed by atoms with E-state index in [1.54, 1.807) is 37.3 Å². The maximum absolute atomic E-state index is 13.1. The number of nitrogens with one attached hydrogen (secondary N) is 2. The van der Waals surface area contributed by atoms with Gasteiger partial charge in [-0.1, -0.05) is 18.7 Å². The van der Waals surface area contributed by atoms with Gasteiger partial charge < -0.3 is 15.7 Å². The quantitative estimate of drug-likeness (QED) is 0.531. The van der Waals surface area contributed by atoms with Gasteiger partial charge in [-0.25, -0.2) is 0 Å². The van der Waals surface area contributed by atoms with E-state index in [0.29, 0.717) is 32.1 Å². The molecule has 1 aromatic heterocycles. The molecular weight excluding hydrogens is 314 g/mol. The van der Waals surface area contributed by atoms with Gasteiger partial charge in [0.15, 0.2) is 10.9 Å². The van der Waals surface area contributed by atoms with E-state index in [2.05, 4.69) is 16.5 Å². The Hall–Kier alpha value is -3.34. The first-order valence-corrected chi connectivity index (χ1v) is 7.94. The van der Waals surface area contributed by atoms with E-state index in [4.69, 9.17) is 5.73 Å². The number of benzene rings is 2. The third-order valence-corrected chi connectivity index (χ3v) is 4.28. The number of hydrogen-bond donors (Lipinski definition) is 3. The van der Waals surface area contributed by atoms with Crippen LogP contribution >= 0.6 is 0 Å². The summed E-state index contributed by atoms with van der Waals surface area (Å²) in [5.41, 5.74) is 6.30. The Morgan fingerprint density at radius 1 is 1.04 bits per heavy atom. The molecule has 0 aliphatic carbocycles. The lowest BCUT2D eigenvalue weighted by atomic mass is 10.0. The first kappa shape index (κ1) is 16.5. The van der Waals surface area contributed by atoms with Gasteiger partial charge in [0.1, 0.15) is 0 Å². The Morgan fingerprint density at radius 3 is 2.44 bits per heavy atom. The van der Waals surface area contributed by atoms with Crippen molar-refractivity contribution in [2.45, 2.75) is 13.8 Å². The highest BCUT2D eigenvalue weighted by molar-refractivity contribution is 6.03. The number of H-pyrrole nitrogens is 2. The average molecular weight is 333 g/mol. The summed E-state index contributed by atoms with van der Waals surface area (Å²) in [6.07, 6.45) is 7.97. The number of rotatable bonds is 1. The fraction of sp³-hybridized carbons (Fsp3) is 0.100. The van der Waals surface area contributed by atoms with Crippen LogP contribution in [0.5, 0.6) is 0 Å². The summed E-state index contributed by atoms with van der Waals surface area (Å²) in [6.45, 7) is 7.57. The molecule has 2 aromatic carbocycles. The third-order valence-electron chi connectivity index (χ3n) is 4.28. The van der Waals surface area contributed by atoms with Crippen LogP contribution in [0.4, 0.5) is 0 Å². The first-order valence-electron chi connectivity index (χ1n) is 7.94. The topological polar surface area (TPSA) is 91.7 Å². The van der Waals surface area contributed by atoms with E-state index >= 15 is 0 Å². The van der Waals surface area contributed by atoms with E-state index in [1.807, 2.05) is 13.0 Å². The van der Waals surface area contributed by atoms with Crippen LogP contribution in [0.25, 0.3) is 46.6 Å². The lowest BCUT2D eigenvalue weighted by molar-refractivity contribution is 1.18. The van der Waals surface area contributed by atoms with Crippen molar-refractivity contribution in [1.82, 2.24) is 9.97 Å². The van der Waals surface area contributed by atoms with Crippen LogP contribution in [-0.2, 0) is 0 Å². The van der Waals surface area contributed by atoms with Gasteiger partial charge in [-0.3, -0.25) is 9.59 Å². The summed E-state index contributed by atoms with van der Waals surface area (Å²) in [6, 6.07) is 3.45. The highest BCUT2D eigenvalue weighted by atomic mass is 16.1. The predicted octanol–water partition coefficient (Wildman–Crippen LogP) is -0.366. The summed E-state index contributed by atoms with van der Waals surface area (Å²) < 4.78 is 0. The number of hydrogen-bond acceptors (Lipinski definition) is 3. The average Bonchev–Trinajstić information content (AvgIpc) is 2.61. The molecule has 0 unspecified atom stereocenters. The molecule has 4 N–H and O–H groups in total. The molecular formula is C20H19N3O2. The van der Waals surface area contributed by atoms with Crippen LogP contribution in [0.1, 0.15) is 13.8 Å². The molecule has 0 atom stereocenters. The van der Waals surface area contributed by atoms with Gasteiger partial charge in [-0.15, -0.1) is 0 Å². The van der Waals surface area contributed by atoms with Crippen LogP contribution in [-0.4, -0.2) is 9.97 Å². The normalized spacial score (nSPS) is 14.4. The molecule has 126 valence electrons. The molecule has 0 aliphatic heterocycles. The molecule has 5 nitrogen and oxygen atoms in total. The SMILES string of the molecule is C=c1[nH]c2ccc3c(=O)c(=C/C=C/N)/c(=C\C)c(=O)c3c2[nH]/c1=C/C. The van der Waals surface area contributed by atoms with Crippen molar-refractivity contribution in [3.8, 4) is 0 Å². The van der Waals surface area contributed by atoms with Crippen LogP contribution in [0.3, 0.4) is 0 Å². The number of fused-ring (bicyclic) bond motifs is 3. The molecule has 3 aromatic rings. The fourth-order valence-corrected chi connectivity index (χ4v) is 3.08. The third kappa shape index (κ3) is 2.50. The minimum atomic E-state index is -0.197. The first-order chi connectivity index (χ1) is 12.0. The largest absolute Gasteiger partial charge is 0.405 e. The molecule has 0 saturated carbocycles. The summed E-state index contributed by atoms with van der Waals surface area (Å²) in [4.78, 5) is 32.4. The Balaban J connectivity index is 2.76. The van der Waals surface area contributed by atoms with E-state index < -0.39 is 0 Å². The Bertz CT molecular complexity index is 1370. The smallest absolute Gasteiger partial charge is 0.196 e. The second-order valence-electron chi connectivity index (χ2n) is 5.67. The van der Waals surface area contributed by atoms with Crippen LogP contribution < -0.4 is 37.7 Å². The highest BCUT2D eigenvalue weighted by Crippen LogP contribution is 2.13. The number of nitrogens with two attached hydrogens (primary N) is 1. The molecule has 0 radical (unpaired) electrons. The Morgan fingerprint density at radius 2 is 1.80 bits per heavy atom. The van der Waals surface area contributed by atoms with Crippen LogP contribution in [0, 0.1) is 0 Å². The van der Waals surface area contributed by atoms with Crippen LogP contribution in [0.15, 0.2) is 34.0 Å². The lowest BCUT2D eigenvalue weighted by Gasteiger charge is -2.05. The zero-order valence-corrected chi connectivity index (χ0v) is 14.1. The van der Waals surface area contributed by atoms with E-state index in [9.17, 15) is 9.59 Å². The fourth-order valence-electron chi connectivity index (χ4n) is 3.08. The molecule has 0 spiro atoms. The number of aromatic amines is 2. The monoisotopic (exact) mass is 333 g/mol. The second-order valence-corrected chi connectivity index (χ2v) is 5.67. The molecule has 5 heteroatoms. The van der Waals surface area contributed by atoms with Gasteiger partial charge in [0.05, 0.1) is 27.1 Å². The molecule has 0 saturated heterocycles. The van der Waals surface area contributed by atoms with Crippen LogP contribution in [0.2, 0.25) is 0 Å². The standard InChI is InChI=1S/C20H19N3O2/c1-4-12-13(7-6-10-21)19(24)14-8-9-16-18(17(14)20(12)25)23-15(5-2)11(3)22-16/h4-10,22-23H,3,21H2,1-2H3/b10-6+,12-4+,13-7+,15-5+. The van der Waals surface area contributed by atoms with Crippen molar-refractivity contribution in [3.05, 3.63) is 66.0 Å². The molecule has 1 heterocycles. The van der Waals surface area contributed by atoms with Crippen molar-refractivity contribution in [1.29, 1.82) is 0 Å². The number of allylic oxidation sites excluding steroid dienone is 1. The zero-order valence-electron chi connectivity index (χ0n) is 14.1. The summed E-state index contributed by atoms with van der Waals surface area (Å²) in [5.74, 6) is 0. The molecule has 0 fully saturated rings. The van der Waals surface area contributed by atoms with Gasteiger partial charge in [-0.2, -0.15) is 0 Å². The van der Waals surface area contributed by atoms with Gasteiger partial charge in [-0.05, 0) is 44.3 Å². The summed E-state index contributed by atoms with van der Waals surface area (Å²) in [5, 5.41) is 2.96. The molecule has 3 rings (SSSR count). The lowest BCUT2D eigenvalue weighted by Crippen LogP contribution is -2.48. The van der Waals surface area contributed by atoms with E-state index in [0.717, 1.165) is 10.9 Å². The zero-order chi connectivity index (χ0) is 18.1. The van der Waals surface area contributed by atoms with Gasteiger partial charge in [0.25, 0.3) is 0 Å². The maximum atomic E-state index is 13.1. The van der Waals surface area contributed by atoms with Crippen molar-refractivity contribution >= 4 is 46.6 Å².